The Balaban J connectivity index is -0.000000776. The van der Waals surface area contributed by atoms with Crippen molar-refractivity contribution in [3.63, 3.8) is 0 Å². The zero-order chi connectivity index (χ0) is 104. The standard InChI is InChI=1S/C30H52Br2.C30H56N2.C30H50.C16H26O2.C4H8.2BBr2IP.BH4IN2P/c2*1-26(2,3)23-18-24(29(8,9)21-27(4,5)14-12-16-31)20-25(19-23)30(10,11)22-28(6,7)15-13-17-32;1-14-16-27(6,7)21-29(10,11)24-18-23(26(3,4)5)19-25(20-24)30(12,13)22-28(8,9)17-15-2;1-14(2,3)11-8-12(15(4,5)17)10-13(9-11)16(6,7)18;1-4(2)3;2*2-1-5(3)4;2-5(4)1-3/h18-20H,12-17,21-22H2,1-11H3;18-20H,12-17,21-22,31-32H2,1-11H3;14-15,18-20H,1-2,16-17,21-22H2,3-13H3;8-10,17-18H,1-7H3;1H2,2-3H3;;;3-4H2. The van der Waals surface area contributed by atoms with Gasteiger partial charge in [-0.1, -0.05) is 447 Å². The SMILES string of the molecule is Br[B]P(Br)I.Br[B]P(Br)I.C=C(C)C.C=CCC(C)(C)CC(C)(C)c1cc(C(C)(C)C)cc(C(C)(C)CC(C)(C)CC=C)c1.CC(C)(C)c1cc(C(C)(C)O)cc(C(C)(C)O)c1.CC(C)(CCCBr)CC(C)(C)c1cc(C(C)(C)C)cc(C(C)(C)CC(C)(C)CCCBr)c1.CC(C)(CCCN)CC(C)(C)c1cc(C(C)(C)C)cc(C(C)(C)CC(C)(C)CCCN)c1.N[B]P(N)I. The summed E-state index contributed by atoms with van der Waals surface area (Å²) in [7, 11) is 1.50. The molecule has 10 N–H and O–H groups in total. The van der Waals surface area contributed by atoms with Crippen molar-refractivity contribution in [2.45, 2.75) is 459 Å². The number of hydrogen-bond donors (Lipinski definition) is 6. The van der Waals surface area contributed by atoms with Crippen molar-refractivity contribution in [3.8, 4) is 0 Å². The van der Waals surface area contributed by atoms with Gasteiger partial charge >= 0.3 is 0 Å². The summed E-state index contributed by atoms with van der Waals surface area (Å²) >= 11 is 26.9. The predicted octanol–water partition coefficient (Wildman–Crippen LogP) is 39.4. The van der Waals surface area contributed by atoms with Gasteiger partial charge in [-0.15, -0.1) is 19.7 Å². The van der Waals surface area contributed by atoms with Crippen LogP contribution < -0.4 is 22.6 Å². The Morgan fingerprint density at radius 2 is 0.481 bits per heavy atom. The van der Waals surface area contributed by atoms with E-state index in [0.717, 1.165) is 91.8 Å². The molecule has 0 aliphatic carbocycles. The zero-order valence-corrected chi connectivity index (χ0v) is 110. The quantitative estimate of drug-likeness (QED) is 0.00863. The van der Waals surface area contributed by atoms with Gasteiger partial charge in [0.15, 0.2) is 0 Å². The lowest BCUT2D eigenvalue weighted by molar-refractivity contribution is 0.0715. The molecular weight excluding hydrogens is 2390 g/mol. The minimum Gasteiger partial charge on any atom is -0.386 e. The van der Waals surface area contributed by atoms with E-state index in [4.69, 9.17) is 22.6 Å². The van der Waals surface area contributed by atoms with Crippen molar-refractivity contribution < 1.29 is 10.2 Å². The summed E-state index contributed by atoms with van der Waals surface area (Å²) in [5.74, 6) is 3.89. The molecule has 0 aromatic heterocycles. The predicted molar refractivity (Wildman–Crippen MR) is 657 cm³/mol. The molecule has 4 aromatic carbocycles. The molecule has 3 unspecified atom stereocenters. The van der Waals surface area contributed by atoms with Crippen LogP contribution in [0.4, 0.5) is 0 Å². The fourth-order valence-electron chi connectivity index (χ4n) is 18.6. The molecule has 0 aliphatic heterocycles. The first-order chi connectivity index (χ1) is 58.4. The molecule has 3 atom stereocenters. The van der Waals surface area contributed by atoms with Gasteiger partial charge in [-0.05, 0) is 338 Å². The number of aliphatic hydroxyl groups is 2. The lowest BCUT2D eigenvalue weighted by atomic mass is 9.65. The summed E-state index contributed by atoms with van der Waals surface area (Å²) in [5.41, 5.74) is 39.6. The molecule has 0 heterocycles. The van der Waals surface area contributed by atoms with Crippen molar-refractivity contribution in [1.29, 1.82) is 0 Å². The van der Waals surface area contributed by atoms with Gasteiger partial charge in [0.1, 0.15) is 0 Å². The van der Waals surface area contributed by atoms with Crippen LogP contribution >= 0.6 is 174 Å². The Kier molecular flexibility index (Phi) is 63.8. The zero-order valence-electron chi connectivity index (χ0n) is 91.5. The van der Waals surface area contributed by atoms with E-state index in [1.54, 1.807) is 27.7 Å². The first-order valence-electron chi connectivity index (χ1n) is 47.7. The van der Waals surface area contributed by atoms with Crippen molar-refractivity contribution in [1.82, 2.24) is 0 Å². The highest BCUT2D eigenvalue weighted by molar-refractivity contribution is 14.2. The maximum absolute atomic E-state index is 10.2. The molecule has 21 heteroatoms. The minimum absolute atomic E-state index is 0.0126. The van der Waals surface area contributed by atoms with Crippen LogP contribution in [0.3, 0.4) is 0 Å². The number of allylic oxidation sites excluding steroid dienone is 3. The van der Waals surface area contributed by atoms with Crippen molar-refractivity contribution >= 4 is 193 Å². The van der Waals surface area contributed by atoms with E-state index in [2.05, 4.69) is 496 Å². The summed E-state index contributed by atoms with van der Waals surface area (Å²) in [5, 5.41) is 22.6. The fraction of sp³-hybridized carbons (Fsp3) is 0.727. The number of rotatable bonds is 39. The van der Waals surface area contributed by atoms with Crippen LogP contribution in [0.2, 0.25) is 0 Å². The molecule has 6 nitrogen and oxygen atoms in total. The van der Waals surface area contributed by atoms with Crippen LogP contribution in [-0.2, 0) is 65.4 Å². The highest BCUT2D eigenvalue weighted by Gasteiger charge is 2.40. The van der Waals surface area contributed by atoms with Crippen molar-refractivity contribution in [2.24, 2.45) is 55.1 Å². The van der Waals surface area contributed by atoms with E-state index in [0.29, 0.717) is 10.8 Å². The van der Waals surface area contributed by atoms with Gasteiger partial charge < -0.3 is 32.8 Å². The van der Waals surface area contributed by atoms with E-state index < -0.39 is 16.8 Å². The third-order valence-electron chi connectivity index (χ3n) is 24.6. The molecule has 0 saturated heterocycles. The van der Waals surface area contributed by atoms with Gasteiger partial charge in [-0.2, -0.15) is 31.5 Å². The molecule has 0 bridgehead atoms. The van der Waals surface area contributed by atoms with E-state index in [9.17, 15) is 10.2 Å². The van der Waals surface area contributed by atoms with Crippen LogP contribution in [-0.4, -0.2) is 52.7 Å². The average Bonchev–Trinajstić information content (AvgIpc) is 0.801. The van der Waals surface area contributed by atoms with E-state index in [1.165, 1.54) is 114 Å². The third kappa shape index (κ3) is 60.8. The molecule has 0 spiro atoms. The molecule has 0 fully saturated rings. The highest BCUT2D eigenvalue weighted by Crippen LogP contribution is 2.54. The number of hydrogen-bond acceptors (Lipinski definition) is 6. The smallest absolute Gasteiger partial charge is 0.269 e. The monoisotopic (exact) mass is 2590 g/mol. The second kappa shape index (κ2) is 59.9. The third-order valence-corrected chi connectivity index (χ3v) is 40.5. The van der Waals surface area contributed by atoms with Crippen LogP contribution in [0.5, 0.6) is 0 Å². The molecular formula is C110H196B3Br6I3N4O2P3. The number of alkyl halides is 2. The second-order valence-corrected chi connectivity index (χ2v) is 80.0. The molecule has 4 rings (SSSR count). The van der Waals surface area contributed by atoms with Gasteiger partial charge in [0.2, 0.25) is 0 Å². The fourth-order valence-corrected chi connectivity index (χ4v) is 19.2. The van der Waals surface area contributed by atoms with Gasteiger partial charge in [-0.3, -0.25) is 0 Å². The summed E-state index contributed by atoms with van der Waals surface area (Å²) < 4.78 is -0.0482. The summed E-state index contributed by atoms with van der Waals surface area (Å²) in [6.45, 7) is 110. The molecule has 0 amide bonds. The number of benzene rings is 4. The first kappa shape index (κ1) is 140. The maximum atomic E-state index is 10.2. The van der Waals surface area contributed by atoms with Crippen LogP contribution in [0.1, 0.15) is 460 Å². The van der Waals surface area contributed by atoms with Crippen molar-refractivity contribution in [3.05, 3.63) is 177 Å². The van der Waals surface area contributed by atoms with Gasteiger partial charge in [0.25, 0.3) is 18.8 Å². The molecule has 131 heavy (non-hydrogen) atoms. The van der Waals surface area contributed by atoms with Crippen LogP contribution in [0.15, 0.2) is 110 Å². The lowest BCUT2D eigenvalue weighted by Gasteiger charge is -2.39. The van der Waals surface area contributed by atoms with E-state index in [1.807, 2.05) is 43.7 Å². The average molecular weight is 2590 g/mol. The normalized spacial score (nSPS) is 13.8. The molecule has 0 saturated carbocycles. The van der Waals surface area contributed by atoms with Gasteiger partial charge in [0, 0.05) is 19.0 Å². The Morgan fingerprint density at radius 3 is 0.611 bits per heavy atom. The van der Waals surface area contributed by atoms with Gasteiger partial charge in [0.05, 0.1) is 11.2 Å². The largest absolute Gasteiger partial charge is 0.386 e. The molecule has 3 radical (unpaired) electrons. The minimum atomic E-state index is -0.902. The van der Waals surface area contributed by atoms with Gasteiger partial charge in [-0.25, -0.2) is 0 Å². The van der Waals surface area contributed by atoms with Crippen LogP contribution in [0, 0.1) is 32.5 Å². The lowest BCUT2D eigenvalue weighted by Crippen LogP contribution is -2.31. The molecule has 755 valence electrons. The number of halogens is 9. The van der Waals surface area contributed by atoms with Crippen LogP contribution in [0.25, 0.3) is 0 Å². The Hall–Kier alpha value is 2.41. The Labute approximate surface area is 907 Å². The number of nitrogens with two attached hydrogens (primary N) is 4. The Bertz CT molecular complexity index is 3560. The summed E-state index contributed by atoms with van der Waals surface area (Å²) in [6.07, 6.45) is 22.8. The topological polar surface area (TPSA) is 145 Å². The van der Waals surface area contributed by atoms with Crippen molar-refractivity contribution in [2.75, 3.05) is 23.7 Å². The molecule has 0 aliphatic rings. The van der Waals surface area contributed by atoms with E-state index in [-0.39, 0.29) is 84.1 Å². The molecule has 4 aromatic rings. The van der Waals surface area contributed by atoms with E-state index >= 15 is 0 Å². The maximum Gasteiger partial charge on any atom is 0.269 e. The Morgan fingerprint density at radius 1 is 0.336 bits per heavy atom. The second-order valence-electron chi connectivity index (χ2n) is 51.4. The summed E-state index contributed by atoms with van der Waals surface area (Å²) in [4.78, 5) is 0. The summed E-state index contributed by atoms with van der Waals surface area (Å²) in [6, 6.07) is 28.4. The highest BCUT2D eigenvalue weighted by atomic mass is 127. The first-order valence-corrected chi connectivity index (χ1v) is 68.5.